The molecule has 3 fully saturated rings. The van der Waals surface area contributed by atoms with E-state index in [-0.39, 0.29) is 5.92 Å². The maximum absolute atomic E-state index is 11.7. The van der Waals surface area contributed by atoms with E-state index < -0.39 is 9.84 Å². The molecule has 0 aromatic carbocycles. The minimum absolute atomic E-state index is 0.187. The summed E-state index contributed by atoms with van der Waals surface area (Å²) >= 11 is 0. The van der Waals surface area contributed by atoms with Crippen LogP contribution in [0.1, 0.15) is 58.8 Å². The highest BCUT2D eigenvalue weighted by Crippen LogP contribution is 2.23. The summed E-state index contributed by atoms with van der Waals surface area (Å²) in [4.78, 5) is 9.93. The molecule has 7 heteroatoms. The van der Waals surface area contributed by atoms with E-state index in [0.29, 0.717) is 24.1 Å². The molecule has 2 atom stereocenters. The lowest BCUT2D eigenvalue weighted by atomic mass is 9.94. The highest BCUT2D eigenvalue weighted by Gasteiger charge is 2.29. The van der Waals surface area contributed by atoms with Crippen LogP contribution in [0, 0.1) is 5.92 Å². The molecule has 1 saturated carbocycles. The number of guanidine groups is 1. The van der Waals surface area contributed by atoms with Gasteiger partial charge in [-0.2, -0.15) is 0 Å². The van der Waals surface area contributed by atoms with Gasteiger partial charge in [0, 0.05) is 44.8 Å². The Bertz CT molecular complexity index is 593. The average molecular weight is 399 g/mol. The van der Waals surface area contributed by atoms with Crippen LogP contribution in [0.25, 0.3) is 0 Å². The molecule has 0 aromatic rings. The van der Waals surface area contributed by atoms with Crippen molar-refractivity contribution in [2.45, 2.75) is 70.9 Å². The molecule has 0 amide bonds. The summed E-state index contributed by atoms with van der Waals surface area (Å²) in [5, 5.41) is 3.58. The van der Waals surface area contributed by atoms with Gasteiger partial charge in [-0.05, 0) is 38.5 Å². The van der Waals surface area contributed by atoms with E-state index in [9.17, 15) is 8.42 Å². The first-order chi connectivity index (χ1) is 13.0. The third-order valence-electron chi connectivity index (χ3n) is 6.52. The van der Waals surface area contributed by atoms with Crippen LogP contribution in [0.15, 0.2) is 4.99 Å². The Morgan fingerprint density at radius 1 is 1.11 bits per heavy atom. The number of sulfone groups is 1. The monoisotopic (exact) mass is 398 g/mol. The van der Waals surface area contributed by atoms with Crippen molar-refractivity contribution >= 4 is 15.8 Å². The summed E-state index contributed by atoms with van der Waals surface area (Å²) in [6.45, 7) is 9.26. The molecular formula is C20H38N4O2S. The molecule has 0 radical (unpaired) electrons. The van der Waals surface area contributed by atoms with Crippen LogP contribution >= 0.6 is 0 Å². The second-order valence-electron chi connectivity index (χ2n) is 8.70. The molecule has 1 aliphatic carbocycles. The Morgan fingerprint density at radius 3 is 2.41 bits per heavy atom. The largest absolute Gasteiger partial charge is 0.354 e. The smallest absolute Gasteiger partial charge is 0.194 e. The topological polar surface area (TPSA) is 65.0 Å². The third kappa shape index (κ3) is 6.08. The fourth-order valence-corrected chi connectivity index (χ4v) is 6.39. The first kappa shape index (κ1) is 20.9. The zero-order chi connectivity index (χ0) is 19.3. The molecule has 2 unspecified atom stereocenters. The van der Waals surface area contributed by atoms with Crippen LogP contribution in [0.4, 0.5) is 0 Å². The number of hydrogen-bond acceptors (Lipinski definition) is 4. The van der Waals surface area contributed by atoms with Crippen molar-refractivity contribution in [1.29, 1.82) is 0 Å². The van der Waals surface area contributed by atoms with Crippen molar-refractivity contribution in [3.8, 4) is 0 Å². The van der Waals surface area contributed by atoms with Gasteiger partial charge in [0.1, 0.15) is 0 Å². The van der Waals surface area contributed by atoms with Crippen molar-refractivity contribution in [3.05, 3.63) is 0 Å². The summed E-state index contributed by atoms with van der Waals surface area (Å²) in [6, 6.07) is 1.17. The van der Waals surface area contributed by atoms with Gasteiger partial charge >= 0.3 is 0 Å². The summed E-state index contributed by atoms with van der Waals surface area (Å²) in [6.07, 6.45) is 8.72. The maximum Gasteiger partial charge on any atom is 0.194 e. The fourth-order valence-electron chi connectivity index (χ4n) is 4.54. The van der Waals surface area contributed by atoms with E-state index >= 15 is 0 Å². The average Bonchev–Trinajstić information content (AvgIpc) is 3.04. The third-order valence-corrected chi connectivity index (χ3v) is 8.36. The van der Waals surface area contributed by atoms with E-state index in [1.807, 2.05) is 0 Å². The lowest BCUT2D eigenvalue weighted by Gasteiger charge is -2.42. The molecule has 27 heavy (non-hydrogen) atoms. The molecule has 6 nitrogen and oxygen atoms in total. The van der Waals surface area contributed by atoms with Crippen molar-refractivity contribution in [3.63, 3.8) is 0 Å². The summed E-state index contributed by atoms with van der Waals surface area (Å²) < 4.78 is 23.4. The molecule has 0 bridgehead atoms. The zero-order valence-corrected chi connectivity index (χ0v) is 18.0. The molecule has 0 spiro atoms. The number of aliphatic imine (C=N–C) groups is 1. The lowest BCUT2D eigenvalue weighted by Crippen LogP contribution is -2.56. The summed E-state index contributed by atoms with van der Waals surface area (Å²) in [5.74, 6) is 1.81. The van der Waals surface area contributed by atoms with Gasteiger partial charge in [0.2, 0.25) is 0 Å². The Balaban J connectivity index is 1.57. The van der Waals surface area contributed by atoms with E-state index in [1.54, 1.807) is 0 Å². The maximum atomic E-state index is 11.7. The van der Waals surface area contributed by atoms with Crippen molar-refractivity contribution in [2.75, 3.05) is 44.2 Å². The highest BCUT2D eigenvalue weighted by atomic mass is 32.2. The van der Waals surface area contributed by atoms with Crippen molar-refractivity contribution < 1.29 is 8.42 Å². The van der Waals surface area contributed by atoms with Gasteiger partial charge in [0.15, 0.2) is 15.8 Å². The quantitative estimate of drug-likeness (QED) is 0.568. The molecule has 3 aliphatic rings. The molecule has 156 valence electrons. The number of rotatable bonds is 5. The second kappa shape index (κ2) is 9.59. The first-order valence-corrected chi connectivity index (χ1v) is 12.8. The summed E-state index contributed by atoms with van der Waals surface area (Å²) in [5.41, 5.74) is 0. The van der Waals surface area contributed by atoms with E-state index in [4.69, 9.17) is 4.99 Å². The zero-order valence-electron chi connectivity index (χ0n) is 17.2. The van der Waals surface area contributed by atoms with Crippen molar-refractivity contribution in [2.24, 2.45) is 10.9 Å². The Kier molecular flexibility index (Phi) is 7.42. The van der Waals surface area contributed by atoms with Gasteiger partial charge in [-0.3, -0.25) is 9.89 Å². The van der Waals surface area contributed by atoms with Crippen LogP contribution in [-0.2, 0) is 9.84 Å². The van der Waals surface area contributed by atoms with E-state index in [1.165, 1.54) is 32.1 Å². The van der Waals surface area contributed by atoms with E-state index in [2.05, 4.69) is 29.0 Å². The van der Waals surface area contributed by atoms with Gasteiger partial charge < -0.3 is 10.2 Å². The van der Waals surface area contributed by atoms with Crippen LogP contribution in [0.5, 0.6) is 0 Å². The van der Waals surface area contributed by atoms with Gasteiger partial charge in [0.25, 0.3) is 0 Å². The fraction of sp³-hybridized carbons (Fsp3) is 0.950. The predicted molar refractivity (Wildman–Crippen MR) is 112 cm³/mol. The molecule has 0 aromatic heterocycles. The highest BCUT2D eigenvalue weighted by molar-refractivity contribution is 7.91. The summed E-state index contributed by atoms with van der Waals surface area (Å²) in [7, 11) is -2.83. The Labute approximate surface area is 165 Å². The van der Waals surface area contributed by atoms with Gasteiger partial charge in [-0.25, -0.2) is 8.42 Å². The molecule has 3 rings (SSSR count). The minimum Gasteiger partial charge on any atom is -0.354 e. The SMILES string of the molecule is CCC(C)NC(=NCC1CCS(=O)(=O)C1)N1CCN(C2CCCCC2)CC1. The van der Waals surface area contributed by atoms with E-state index in [0.717, 1.165) is 51.0 Å². The van der Waals surface area contributed by atoms with Gasteiger partial charge in [0.05, 0.1) is 11.5 Å². The van der Waals surface area contributed by atoms with Gasteiger partial charge in [-0.15, -0.1) is 0 Å². The van der Waals surface area contributed by atoms with Crippen LogP contribution < -0.4 is 5.32 Å². The molecule has 2 heterocycles. The first-order valence-electron chi connectivity index (χ1n) is 11.0. The predicted octanol–water partition coefficient (Wildman–Crippen LogP) is 2.12. The number of nitrogens with one attached hydrogen (secondary N) is 1. The normalized spacial score (nSPS) is 29.0. The second-order valence-corrected chi connectivity index (χ2v) is 10.9. The molecular weight excluding hydrogens is 360 g/mol. The molecule has 2 saturated heterocycles. The van der Waals surface area contributed by atoms with Crippen molar-refractivity contribution in [1.82, 2.24) is 15.1 Å². The molecule has 1 N–H and O–H groups in total. The number of nitrogens with zero attached hydrogens (tertiary/aromatic N) is 3. The Hall–Kier alpha value is -0.820. The Morgan fingerprint density at radius 2 is 1.81 bits per heavy atom. The van der Waals surface area contributed by atoms with Gasteiger partial charge in [-0.1, -0.05) is 26.2 Å². The van der Waals surface area contributed by atoms with Crippen LogP contribution in [0.3, 0.4) is 0 Å². The number of hydrogen-bond donors (Lipinski definition) is 1. The van der Waals surface area contributed by atoms with Crippen LogP contribution in [0.2, 0.25) is 0 Å². The lowest BCUT2D eigenvalue weighted by molar-refractivity contribution is 0.105. The minimum atomic E-state index is -2.83. The number of piperazine rings is 1. The molecule has 2 aliphatic heterocycles. The standard InChI is InChI=1S/C20H38N4O2S/c1-3-17(2)22-20(21-15-18-9-14-27(25,26)16-18)24-12-10-23(11-13-24)19-7-5-4-6-8-19/h17-19H,3-16H2,1-2H3,(H,21,22). The van der Waals surface area contributed by atoms with Crippen LogP contribution in [-0.4, -0.2) is 80.5 Å².